The molecule has 0 saturated carbocycles. The molecule has 0 radical (unpaired) electrons. The number of fused-ring (bicyclic) bond motifs is 1. The van der Waals surface area contributed by atoms with Gasteiger partial charge in [-0.3, -0.25) is 0 Å². The van der Waals surface area contributed by atoms with Gasteiger partial charge in [0.1, 0.15) is 5.52 Å². The Hall–Kier alpha value is -1.51. The molecule has 0 N–H and O–H groups in total. The number of rotatable bonds is 1. The maximum atomic E-state index is 5.28. The first-order valence-electron chi connectivity index (χ1n) is 5.02. The van der Waals surface area contributed by atoms with Gasteiger partial charge in [-0.2, -0.15) is 0 Å². The van der Waals surface area contributed by atoms with E-state index in [1.165, 1.54) is 24.9 Å². The summed E-state index contributed by atoms with van der Waals surface area (Å²) in [7, 11) is 0. The van der Waals surface area contributed by atoms with Crippen LogP contribution >= 0.6 is 0 Å². The van der Waals surface area contributed by atoms with E-state index in [-0.39, 0.29) is 0 Å². The smallest absolute Gasteiger partial charge is 0.182 e. The molecule has 0 aliphatic carbocycles. The molecule has 0 spiro atoms. The van der Waals surface area contributed by atoms with E-state index >= 15 is 0 Å². The zero-order valence-corrected chi connectivity index (χ0v) is 7.94. The molecule has 1 saturated heterocycles. The second kappa shape index (κ2) is 3.01. The van der Waals surface area contributed by atoms with Crippen molar-refractivity contribution < 1.29 is 4.42 Å². The number of hydrogen-bond donors (Lipinski definition) is 0. The van der Waals surface area contributed by atoms with Crippen molar-refractivity contribution in [3.63, 3.8) is 0 Å². The van der Waals surface area contributed by atoms with Gasteiger partial charge in [0.15, 0.2) is 12.0 Å². The highest BCUT2D eigenvalue weighted by Crippen LogP contribution is 2.27. The molecule has 14 heavy (non-hydrogen) atoms. The quantitative estimate of drug-likeness (QED) is 0.688. The Balaban J connectivity index is 2.14. The van der Waals surface area contributed by atoms with Crippen LogP contribution in [0.3, 0.4) is 0 Å². The molecule has 2 aromatic rings. The van der Waals surface area contributed by atoms with E-state index < -0.39 is 0 Å². The molecular formula is C11H12N2O. The van der Waals surface area contributed by atoms with Crippen LogP contribution in [0.2, 0.25) is 0 Å². The third kappa shape index (κ3) is 1.09. The minimum absolute atomic E-state index is 0.884. The van der Waals surface area contributed by atoms with Gasteiger partial charge in [0.25, 0.3) is 0 Å². The Kier molecular flexibility index (Phi) is 1.69. The first-order chi connectivity index (χ1) is 6.95. The molecule has 3 nitrogen and oxygen atoms in total. The highest BCUT2D eigenvalue weighted by molar-refractivity contribution is 5.87. The predicted molar refractivity (Wildman–Crippen MR) is 55.5 cm³/mol. The zero-order valence-electron chi connectivity index (χ0n) is 7.94. The Morgan fingerprint density at radius 2 is 2.07 bits per heavy atom. The first-order valence-corrected chi connectivity index (χ1v) is 5.02. The monoisotopic (exact) mass is 188 g/mol. The molecule has 1 aromatic carbocycles. The highest BCUT2D eigenvalue weighted by atomic mass is 16.3. The minimum atomic E-state index is 0.884. The number of anilines is 1. The summed E-state index contributed by atoms with van der Waals surface area (Å²) >= 11 is 0. The van der Waals surface area contributed by atoms with E-state index in [0.717, 1.165) is 24.2 Å². The summed E-state index contributed by atoms with van der Waals surface area (Å²) in [4.78, 5) is 6.63. The third-order valence-electron chi connectivity index (χ3n) is 2.79. The minimum Gasteiger partial charge on any atom is -0.443 e. The third-order valence-corrected chi connectivity index (χ3v) is 2.79. The predicted octanol–water partition coefficient (Wildman–Crippen LogP) is 2.43. The summed E-state index contributed by atoms with van der Waals surface area (Å²) in [6.07, 6.45) is 4.09. The molecule has 1 aliphatic heterocycles. The summed E-state index contributed by atoms with van der Waals surface area (Å²) in [5.41, 5.74) is 3.09. The standard InChI is InChI=1S/C11H12N2O/c1-2-7-13(6-1)9-4-3-5-10-11(9)12-8-14-10/h3-5,8H,1-2,6-7H2. The molecular weight excluding hydrogens is 176 g/mol. The summed E-state index contributed by atoms with van der Waals surface area (Å²) < 4.78 is 5.28. The second-order valence-electron chi connectivity index (χ2n) is 3.67. The van der Waals surface area contributed by atoms with Crippen molar-refractivity contribution in [1.29, 1.82) is 0 Å². The number of benzene rings is 1. The lowest BCUT2D eigenvalue weighted by Crippen LogP contribution is -2.17. The average molecular weight is 188 g/mol. The van der Waals surface area contributed by atoms with E-state index in [9.17, 15) is 0 Å². The van der Waals surface area contributed by atoms with Crippen LogP contribution in [-0.2, 0) is 0 Å². The van der Waals surface area contributed by atoms with Crippen molar-refractivity contribution >= 4 is 16.8 Å². The number of oxazole rings is 1. The average Bonchev–Trinajstić information content (AvgIpc) is 2.88. The van der Waals surface area contributed by atoms with E-state index in [2.05, 4.69) is 16.0 Å². The van der Waals surface area contributed by atoms with E-state index in [1.54, 1.807) is 0 Å². The topological polar surface area (TPSA) is 29.3 Å². The zero-order chi connectivity index (χ0) is 9.38. The molecule has 0 bridgehead atoms. The summed E-state index contributed by atoms with van der Waals surface area (Å²) in [5.74, 6) is 0. The van der Waals surface area contributed by atoms with Crippen LogP contribution in [0.15, 0.2) is 29.0 Å². The van der Waals surface area contributed by atoms with Crippen LogP contribution in [0.25, 0.3) is 11.1 Å². The van der Waals surface area contributed by atoms with Crippen molar-refractivity contribution in [2.24, 2.45) is 0 Å². The fraction of sp³-hybridized carbons (Fsp3) is 0.364. The van der Waals surface area contributed by atoms with Crippen LogP contribution < -0.4 is 4.90 Å². The van der Waals surface area contributed by atoms with Gasteiger partial charge in [-0.25, -0.2) is 4.98 Å². The van der Waals surface area contributed by atoms with Gasteiger partial charge in [0, 0.05) is 13.1 Å². The summed E-state index contributed by atoms with van der Waals surface area (Å²) in [6.45, 7) is 2.29. The maximum Gasteiger partial charge on any atom is 0.182 e. The largest absolute Gasteiger partial charge is 0.443 e. The van der Waals surface area contributed by atoms with Crippen molar-refractivity contribution in [3.8, 4) is 0 Å². The van der Waals surface area contributed by atoms with Crippen molar-refractivity contribution in [2.75, 3.05) is 18.0 Å². The van der Waals surface area contributed by atoms with Crippen molar-refractivity contribution in [1.82, 2.24) is 4.98 Å². The van der Waals surface area contributed by atoms with Gasteiger partial charge in [-0.1, -0.05) is 6.07 Å². The first kappa shape index (κ1) is 7.85. The van der Waals surface area contributed by atoms with Crippen LogP contribution in [-0.4, -0.2) is 18.1 Å². The Morgan fingerprint density at radius 1 is 1.21 bits per heavy atom. The molecule has 1 aliphatic rings. The molecule has 1 fully saturated rings. The molecule has 72 valence electrons. The van der Waals surface area contributed by atoms with Gasteiger partial charge in [-0.15, -0.1) is 0 Å². The molecule has 2 heterocycles. The fourth-order valence-corrected chi connectivity index (χ4v) is 2.08. The van der Waals surface area contributed by atoms with Gasteiger partial charge in [-0.05, 0) is 25.0 Å². The van der Waals surface area contributed by atoms with E-state index in [0.29, 0.717) is 0 Å². The normalized spacial score (nSPS) is 16.7. The van der Waals surface area contributed by atoms with E-state index in [1.807, 2.05) is 12.1 Å². The van der Waals surface area contributed by atoms with Gasteiger partial charge < -0.3 is 9.32 Å². The fourth-order valence-electron chi connectivity index (χ4n) is 2.08. The maximum absolute atomic E-state index is 5.28. The van der Waals surface area contributed by atoms with Crippen LogP contribution in [0.4, 0.5) is 5.69 Å². The van der Waals surface area contributed by atoms with E-state index in [4.69, 9.17) is 4.42 Å². The van der Waals surface area contributed by atoms with Crippen LogP contribution in [0, 0.1) is 0 Å². The summed E-state index contributed by atoms with van der Waals surface area (Å²) in [6, 6.07) is 6.11. The van der Waals surface area contributed by atoms with Gasteiger partial charge in [0.05, 0.1) is 5.69 Å². The van der Waals surface area contributed by atoms with Crippen molar-refractivity contribution in [2.45, 2.75) is 12.8 Å². The molecule has 0 unspecified atom stereocenters. The number of nitrogens with zero attached hydrogens (tertiary/aromatic N) is 2. The summed E-state index contributed by atoms with van der Waals surface area (Å²) in [5, 5.41) is 0. The Labute approximate surface area is 82.3 Å². The highest BCUT2D eigenvalue weighted by Gasteiger charge is 2.15. The lowest BCUT2D eigenvalue weighted by molar-refractivity contribution is 0.602. The lowest BCUT2D eigenvalue weighted by atomic mass is 10.2. The van der Waals surface area contributed by atoms with Crippen LogP contribution in [0.1, 0.15) is 12.8 Å². The van der Waals surface area contributed by atoms with Crippen LogP contribution in [0.5, 0.6) is 0 Å². The Morgan fingerprint density at radius 3 is 2.93 bits per heavy atom. The molecule has 0 atom stereocenters. The Bertz CT molecular complexity index is 443. The number of aromatic nitrogens is 1. The number of para-hydroxylation sites is 1. The SMILES string of the molecule is c1cc(N2CCCC2)c2ncoc2c1. The molecule has 3 heteroatoms. The lowest BCUT2D eigenvalue weighted by Gasteiger charge is -2.17. The van der Waals surface area contributed by atoms with Gasteiger partial charge >= 0.3 is 0 Å². The van der Waals surface area contributed by atoms with Gasteiger partial charge in [0.2, 0.25) is 0 Å². The van der Waals surface area contributed by atoms with Crippen molar-refractivity contribution in [3.05, 3.63) is 24.6 Å². The molecule has 1 aromatic heterocycles. The molecule has 0 amide bonds. The molecule has 3 rings (SSSR count). The number of hydrogen-bond acceptors (Lipinski definition) is 3. The second-order valence-corrected chi connectivity index (χ2v) is 3.67.